The van der Waals surface area contributed by atoms with Crippen LogP contribution in [0.4, 0.5) is 5.69 Å². The quantitative estimate of drug-likeness (QED) is 0.0694. The van der Waals surface area contributed by atoms with Crippen molar-refractivity contribution in [3.8, 4) is 11.8 Å². The minimum Gasteiger partial charge on any atom is -0.505 e. The Morgan fingerprint density at radius 2 is 1.97 bits per heavy atom. The molecule has 2 aromatic carbocycles. The topological polar surface area (TPSA) is 146 Å². The van der Waals surface area contributed by atoms with E-state index >= 15 is 0 Å². The van der Waals surface area contributed by atoms with Crippen molar-refractivity contribution in [1.82, 2.24) is 10.3 Å². The molecule has 1 aromatic heterocycles. The summed E-state index contributed by atoms with van der Waals surface area (Å²) in [7, 11) is 2.40. The van der Waals surface area contributed by atoms with Crippen molar-refractivity contribution in [2.24, 2.45) is 15.7 Å². The Balaban J connectivity index is 0.000000305. The highest BCUT2D eigenvalue weighted by Crippen LogP contribution is 2.32. The molecule has 0 amide bonds. The Kier molecular flexibility index (Phi) is 14.8. The number of nitrogens with one attached hydrogen (secondary N) is 1. The zero-order valence-electron chi connectivity index (χ0n) is 21.4. The summed E-state index contributed by atoms with van der Waals surface area (Å²) in [6.07, 6.45) is 5.61. The second kappa shape index (κ2) is 17.6. The molecule has 1 unspecified atom stereocenters. The zero-order valence-corrected chi connectivity index (χ0v) is 22.4. The van der Waals surface area contributed by atoms with Gasteiger partial charge >= 0.3 is 0 Å². The maximum absolute atomic E-state index is 10.0. The Labute approximate surface area is 215 Å². The highest BCUT2D eigenvalue weighted by molar-refractivity contribution is 7.42. The van der Waals surface area contributed by atoms with Gasteiger partial charge in [-0.05, 0) is 54.3 Å². The third-order valence-electron chi connectivity index (χ3n) is 4.94. The van der Waals surface area contributed by atoms with E-state index in [2.05, 4.69) is 39.9 Å². The first-order valence-corrected chi connectivity index (χ1v) is 12.9. The summed E-state index contributed by atoms with van der Waals surface area (Å²) in [6.45, 7) is 7.00. The summed E-state index contributed by atoms with van der Waals surface area (Å²) in [5.41, 5.74) is 13.9. The number of aromatic hydroxyl groups is 1. The number of phenolic OH excluding ortho intramolecular Hbond substituents is 1. The van der Waals surface area contributed by atoms with E-state index < -0.39 is 0 Å². The summed E-state index contributed by atoms with van der Waals surface area (Å²) < 4.78 is 0. The number of hydrogen-bond donors (Lipinski definition) is 4. The van der Waals surface area contributed by atoms with Crippen molar-refractivity contribution in [3.63, 3.8) is 0 Å². The van der Waals surface area contributed by atoms with Crippen LogP contribution in [0, 0.1) is 18.3 Å². The SMILES string of the molecule is CC/C(PC)=C(/C#N)C=NC.Cc1ccccn1.N/C=N\CNCc1c(O)c(N)cc2ccccc12. The first-order valence-electron chi connectivity index (χ1n) is 11.4. The molecule has 0 aliphatic heterocycles. The van der Waals surface area contributed by atoms with E-state index in [1.165, 1.54) is 11.7 Å². The van der Waals surface area contributed by atoms with Crippen molar-refractivity contribution in [2.45, 2.75) is 26.8 Å². The van der Waals surface area contributed by atoms with E-state index in [1.807, 2.05) is 49.4 Å². The standard InChI is InChI=1S/C13H16N4O.C8H13N2P.C6H7N/c14-7-17-8-16-6-11-10-4-2-1-3-9(10)5-12(15)13(11)18;1-4-8(11-3)7(5-9)6-10-2;1-6-4-2-3-5-7-6/h1-5,7,16,18H,6,8,15H2,(H2,14,17);6,11H,4H2,1-3H3;2-5H,1H3/b;8-7+,10-6?;. The van der Waals surface area contributed by atoms with Crippen molar-refractivity contribution >= 4 is 37.6 Å². The number of aromatic nitrogens is 1. The number of fused-ring (bicyclic) bond motifs is 1. The van der Waals surface area contributed by atoms with Gasteiger partial charge in [-0.3, -0.25) is 20.3 Å². The summed E-state index contributed by atoms with van der Waals surface area (Å²) in [4.78, 5) is 11.6. The van der Waals surface area contributed by atoms with Gasteiger partial charge in [0.1, 0.15) is 11.8 Å². The Bertz CT molecular complexity index is 1200. The van der Waals surface area contributed by atoms with E-state index in [1.54, 1.807) is 25.5 Å². The van der Waals surface area contributed by atoms with E-state index in [-0.39, 0.29) is 5.75 Å². The normalized spacial score (nSPS) is 11.6. The first kappa shape index (κ1) is 30.2. The number of nitriles is 1. The van der Waals surface area contributed by atoms with Crippen molar-refractivity contribution in [2.75, 3.05) is 26.1 Å². The Morgan fingerprint density at radius 1 is 1.25 bits per heavy atom. The average molecular weight is 506 g/mol. The molecule has 8 nitrogen and oxygen atoms in total. The van der Waals surface area contributed by atoms with Gasteiger partial charge in [-0.15, -0.1) is 0 Å². The summed E-state index contributed by atoms with van der Waals surface area (Å²) in [5.74, 6) is 0.123. The Morgan fingerprint density at radius 3 is 2.50 bits per heavy atom. The van der Waals surface area contributed by atoms with Crippen LogP contribution in [0.3, 0.4) is 0 Å². The molecule has 3 aromatic rings. The number of anilines is 1. The smallest absolute Gasteiger partial charge is 0.143 e. The predicted octanol–water partition coefficient (Wildman–Crippen LogP) is 4.73. The third-order valence-corrected chi connectivity index (χ3v) is 6.16. The average Bonchev–Trinajstić information content (AvgIpc) is 2.90. The molecule has 1 atom stereocenters. The molecule has 0 bridgehead atoms. The van der Waals surface area contributed by atoms with Crippen LogP contribution in [0.15, 0.2) is 75.6 Å². The molecular weight excluding hydrogens is 469 g/mol. The number of nitrogens with two attached hydrogens (primary N) is 2. The Hall–Kier alpha value is -3.79. The lowest BCUT2D eigenvalue weighted by atomic mass is 10.0. The highest BCUT2D eigenvalue weighted by atomic mass is 31.1. The lowest BCUT2D eigenvalue weighted by molar-refractivity contribution is 0.469. The first-order chi connectivity index (χ1) is 17.4. The minimum absolute atomic E-state index is 0.123. The van der Waals surface area contributed by atoms with Gasteiger partial charge in [0.25, 0.3) is 0 Å². The molecule has 0 radical (unpaired) electrons. The molecule has 0 aliphatic rings. The largest absolute Gasteiger partial charge is 0.505 e. The highest BCUT2D eigenvalue weighted by Gasteiger charge is 2.10. The van der Waals surface area contributed by atoms with Crippen LogP contribution in [0.1, 0.15) is 24.6 Å². The van der Waals surface area contributed by atoms with E-state index in [4.69, 9.17) is 16.7 Å². The molecule has 3 rings (SSSR count). The van der Waals surface area contributed by atoms with E-state index in [0.29, 0.717) is 27.5 Å². The van der Waals surface area contributed by atoms with E-state index in [0.717, 1.165) is 34.0 Å². The molecule has 1 heterocycles. The van der Waals surface area contributed by atoms with Gasteiger partial charge in [0.15, 0.2) is 0 Å². The van der Waals surface area contributed by atoms with Crippen LogP contribution in [0.5, 0.6) is 5.75 Å². The van der Waals surface area contributed by atoms with Crippen LogP contribution >= 0.6 is 8.58 Å². The lowest BCUT2D eigenvalue weighted by Crippen LogP contribution is -2.14. The maximum Gasteiger partial charge on any atom is 0.143 e. The van der Waals surface area contributed by atoms with Gasteiger partial charge in [0, 0.05) is 37.3 Å². The number of rotatable bonds is 7. The number of aryl methyl sites for hydroxylation is 1. The van der Waals surface area contributed by atoms with E-state index in [9.17, 15) is 5.11 Å². The number of benzene rings is 2. The van der Waals surface area contributed by atoms with Gasteiger partial charge in [0.2, 0.25) is 0 Å². The molecule has 0 fully saturated rings. The van der Waals surface area contributed by atoms with Gasteiger partial charge in [0.05, 0.1) is 24.3 Å². The second-order valence-corrected chi connectivity index (χ2v) is 8.50. The molecule has 0 saturated carbocycles. The summed E-state index contributed by atoms with van der Waals surface area (Å²) >= 11 is 0. The fourth-order valence-corrected chi connectivity index (χ4v) is 3.91. The van der Waals surface area contributed by atoms with Crippen LogP contribution in [-0.4, -0.2) is 43.0 Å². The van der Waals surface area contributed by atoms with Crippen LogP contribution in [0.25, 0.3) is 10.8 Å². The number of allylic oxidation sites excluding steroid dienone is 2. The maximum atomic E-state index is 10.0. The lowest BCUT2D eigenvalue weighted by Gasteiger charge is -2.11. The fourth-order valence-electron chi connectivity index (χ4n) is 3.17. The molecule has 36 heavy (non-hydrogen) atoms. The number of pyridine rings is 1. The zero-order chi connectivity index (χ0) is 26.8. The van der Waals surface area contributed by atoms with Gasteiger partial charge in [-0.25, -0.2) is 0 Å². The molecule has 0 spiro atoms. The summed E-state index contributed by atoms with van der Waals surface area (Å²) in [6, 6.07) is 17.6. The van der Waals surface area contributed by atoms with Gasteiger partial charge < -0.3 is 16.6 Å². The van der Waals surface area contributed by atoms with Crippen LogP contribution < -0.4 is 16.8 Å². The molecular formula is C27H36N7OP. The number of aliphatic imine (C=N–C) groups is 2. The molecule has 0 saturated heterocycles. The van der Waals surface area contributed by atoms with Gasteiger partial charge in [-0.2, -0.15) is 5.26 Å². The molecule has 6 N–H and O–H groups in total. The molecule has 190 valence electrons. The minimum atomic E-state index is 0.123. The summed E-state index contributed by atoms with van der Waals surface area (Å²) in [5, 5.41) is 25.0. The fraction of sp³-hybridized carbons (Fsp3) is 0.259. The number of phenols is 1. The number of nitrogen functional groups attached to an aromatic ring is 1. The van der Waals surface area contributed by atoms with Crippen LogP contribution in [-0.2, 0) is 6.54 Å². The monoisotopic (exact) mass is 505 g/mol. The molecule has 9 heteroatoms. The van der Waals surface area contributed by atoms with Crippen molar-refractivity contribution in [1.29, 1.82) is 5.26 Å². The predicted molar refractivity (Wildman–Crippen MR) is 155 cm³/mol. The number of nitrogens with zero attached hydrogens (tertiary/aromatic N) is 4. The van der Waals surface area contributed by atoms with Crippen molar-refractivity contribution < 1.29 is 5.11 Å². The van der Waals surface area contributed by atoms with Crippen LogP contribution in [0.2, 0.25) is 0 Å². The van der Waals surface area contributed by atoms with Gasteiger partial charge in [-0.1, -0.05) is 45.8 Å². The van der Waals surface area contributed by atoms with Crippen molar-refractivity contribution in [3.05, 3.63) is 76.9 Å². The third kappa shape index (κ3) is 10.2. The number of hydrogen-bond acceptors (Lipinski definition) is 7. The second-order valence-electron chi connectivity index (χ2n) is 7.40. The molecule has 0 aliphatic carbocycles.